The fourth-order valence-corrected chi connectivity index (χ4v) is 4.16. The number of aryl methyl sites for hydroxylation is 1. The van der Waals surface area contributed by atoms with E-state index in [1.165, 1.54) is 21.9 Å². The molecule has 2 fully saturated rings. The SMILES string of the molecule is Cc1ccc(C(O)=C2C(=O)C(=O)N(CC[NH+]3CCOCC3)[C@@H]2c2ccc(F)cc2)cc1. The summed E-state index contributed by atoms with van der Waals surface area (Å²) >= 11 is 0. The second kappa shape index (κ2) is 8.99. The molecule has 0 saturated carbocycles. The third-order valence-corrected chi connectivity index (χ3v) is 5.96. The van der Waals surface area contributed by atoms with E-state index in [2.05, 4.69) is 0 Å². The van der Waals surface area contributed by atoms with Gasteiger partial charge in [-0.05, 0) is 24.6 Å². The van der Waals surface area contributed by atoms with Gasteiger partial charge in [-0.2, -0.15) is 0 Å². The van der Waals surface area contributed by atoms with Gasteiger partial charge in [0.25, 0.3) is 11.7 Å². The number of quaternary nitrogens is 1. The summed E-state index contributed by atoms with van der Waals surface area (Å²) in [6, 6.07) is 12.1. The van der Waals surface area contributed by atoms with Crippen LogP contribution in [0.3, 0.4) is 0 Å². The Bertz CT molecular complexity index is 995. The number of aliphatic hydroxyl groups is 1. The van der Waals surface area contributed by atoms with E-state index in [1.807, 2.05) is 19.1 Å². The summed E-state index contributed by atoms with van der Waals surface area (Å²) in [6.45, 7) is 5.97. The van der Waals surface area contributed by atoms with Crippen LogP contribution in [0.15, 0.2) is 54.1 Å². The minimum Gasteiger partial charge on any atom is -0.507 e. The summed E-state index contributed by atoms with van der Waals surface area (Å²) in [5, 5.41) is 11.0. The van der Waals surface area contributed by atoms with Crippen LogP contribution in [0.25, 0.3) is 5.76 Å². The van der Waals surface area contributed by atoms with E-state index >= 15 is 0 Å². The molecule has 1 amide bonds. The number of likely N-dealkylation sites (tertiary alicyclic amines) is 1. The average molecular weight is 425 g/mol. The van der Waals surface area contributed by atoms with Gasteiger partial charge in [0.2, 0.25) is 0 Å². The molecule has 0 spiro atoms. The van der Waals surface area contributed by atoms with E-state index in [1.54, 1.807) is 24.3 Å². The first-order valence-electron chi connectivity index (χ1n) is 10.5. The Balaban J connectivity index is 1.72. The Kier molecular flexibility index (Phi) is 6.15. The molecular formula is C24H26FN2O4+. The summed E-state index contributed by atoms with van der Waals surface area (Å²) in [7, 11) is 0. The monoisotopic (exact) mass is 425 g/mol. The molecule has 0 aromatic heterocycles. The van der Waals surface area contributed by atoms with E-state index in [0.717, 1.165) is 18.7 Å². The smallest absolute Gasteiger partial charge is 0.295 e. The molecule has 2 aliphatic heterocycles. The first-order valence-corrected chi connectivity index (χ1v) is 10.5. The van der Waals surface area contributed by atoms with Crippen LogP contribution in [-0.2, 0) is 14.3 Å². The lowest BCUT2D eigenvalue weighted by molar-refractivity contribution is -0.907. The maximum atomic E-state index is 13.5. The van der Waals surface area contributed by atoms with Crippen LogP contribution in [0.4, 0.5) is 4.39 Å². The molecule has 2 heterocycles. The number of hydrogen-bond donors (Lipinski definition) is 2. The number of carbonyl (C=O) groups is 2. The summed E-state index contributed by atoms with van der Waals surface area (Å²) in [6.07, 6.45) is 0. The van der Waals surface area contributed by atoms with Gasteiger partial charge >= 0.3 is 0 Å². The van der Waals surface area contributed by atoms with Gasteiger partial charge in [-0.1, -0.05) is 42.0 Å². The maximum Gasteiger partial charge on any atom is 0.295 e. The predicted octanol–water partition coefficient (Wildman–Crippen LogP) is 1.47. The number of halogens is 1. The first kappa shape index (κ1) is 21.2. The number of Topliss-reactive ketones (excluding diaryl/α,β-unsaturated/α-hetero) is 1. The third-order valence-electron chi connectivity index (χ3n) is 5.96. The van der Waals surface area contributed by atoms with Gasteiger partial charge in [0, 0.05) is 5.56 Å². The van der Waals surface area contributed by atoms with Crippen molar-refractivity contribution in [3.63, 3.8) is 0 Å². The molecule has 2 aromatic rings. The molecule has 4 rings (SSSR count). The molecule has 31 heavy (non-hydrogen) atoms. The molecule has 2 aliphatic rings. The summed E-state index contributed by atoms with van der Waals surface area (Å²) < 4.78 is 18.9. The van der Waals surface area contributed by atoms with Crippen LogP contribution in [-0.4, -0.2) is 61.1 Å². The highest BCUT2D eigenvalue weighted by molar-refractivity contribution is 6.46. The van der Waals surface area contributed by atoms with E-state index < -0.39 is 23.5 Å². The lowest BCUT2D eigenvalue weighted by atomic mass is 9.95. The summed E-state index contributed by atoms with van der Waals surface area (Å²) in [5.41, 5.74) is 2.11. The Morgan fingerprint density at radius 2 is 1.74 bits per heavy atom. The van der Waals surface area contributed by atoms with Crippen LogP contribution in [0.1, 0.15) is 22.7 Å². The fourth-order valence-electron chi connectivity index (χ4n) is 4.16. The minimum absolute atomic E-state index is 0.0393. The second-order valence-electron chi connectivity index (χ2n) is 8.02. The van der Waals surface area contributed by atoms with Gasteiger partial charge in [0.15, 0.2) is 0 Å². The molecule has 1 atom stereocenters. The number of nitrogens with zero attached hydrogens (tertiary/aromatic N) is 1. The van der Waals surface area contributed by atoms with Crippen molar-refractivity contribution in [2.24, 2.45) is 0 Å². The molecule has 6 nitrogen and oxygen atoms in total. The molecule has 0 aliphatic carbocycles. The molecule has 7 heteroatoms. The van der Waals surface area contributed by atoms with E-state index in [-0.39, 0.29) is 11.3 Å². The second-order valence-corrected chi connectivity index (χ2v) is 8.02. The van der Waals surface area contributed by atoms with Gasteiger partial charge in [-0.15, -0.1) is 0 Å². The molecule has 0 radical (unpaired) electrons. The first-order chi connectivity index (χ1) is 15.0. The number of hydrogen-bond acceptors (Lipinski definition) is 4. The van der Waals surface area contributed by atoms with E-state index in [0.29, 0.717) is 37.4 Å². The zero-order valence-electron chi connectivity index (χ0n) is 17.4. The van der Waals surface area contributed by atoms with Crippen molar-refractivity contribution < 1.29 is 28.7 Å². The standard InChI is InChI=1S/C24H25FN2O4/c1-16-2-4-18(5-3-16)22(28)20-21(17-6-8-19(25)9-7-17)27(24(30)23(20)29)11-10-26-12-14-31-15-13-26/h2-9,21,28H,10-15H2,1H3/p+1/t21-/m1/s1. The number of ketones is 1. The zero-order valence-corrected chi connectivity index (χ0v) is 17.4. The summed E-state index contributed by atoms with van der Waals surface area (Å²) in [4.78, 5) is 28.7. The Hall–Kier alpha value is -3.03. The lowest BCUT2D eigenvalue weighted by Crippen LogP contribution is -3.14. The minimum atomic E-state index is -0.762. The highest BCUT2D eigenvalue weighted by atomic mass is 19.1. The van der Waals surface area contributed by atoms with Crippen LogP contribution in [0.2, 0.25) is 0 Å². The number of carbonyl (C=O) groups excluding carboxylic acids is 2. The van der Waals surface area contributed by atoms with Crippen LogP contribution in [0, 0.1) is 12.7 Å². The average Bonchev–Trinajstić information content (AvgIpc) is 3.04. The number of ether oxygens (including phenoxy) is 1. The molecule has 162 valence electrons. The zero-order chi connectivity index (χ0) is 22.0. The van der Waals surface area contributed by atoms with Crippen LogP contribution >= 0.6 is 0 Å². The fraction of sp³-hybridized carbons (Fsp3) is 0.333. The van der Waals surface area contributed by atoms with Gasteiger partial charge in [0.1, 0.15) is 24.7 Å². The number of morpholine rings is 1. The topological polar surface area (TPSA) is 71.3 Å². The third kappa shape index (κ3) is 4.38. The van der Waals surface area contributed by atoms with Gasteiger partial charge in [0.05, 0.1) is 37.9 Å². The Morgan fingerprint density at radius 1 is 1.10 bits per heavy atom. The highest BCUT2D eigenvalue weighted by Crippen LogP contribution is 2.39. The summed E-state index contributed by atoms with van der Waals surface area (Å²) in [5.74, 6) is -1.98. The Morgan fingerprint density at radius 3 is 2.39 bits per heavy atom. The van der Waals surface area contributed by atoms with Crippen molar-refractivity contribution in [3.8, 4) is 0 Å². The number of rotatable bonds is 5. The molecule has 2 aromatic carbocycles. The molecule has 2 saturated heterocycles. The van der Waals surface area contributed by atoms with Crippen molar-refractivity contribution in [2.45, 2.75) is 13.0 Å². The molecule has 0 bridgehead atoms. The normalized spacial score (nSPS) is 21.6. The number of nitrogens with one attached hydrogen (secondary N) is 1. The molecule has 0 unspecified atom stereocenters. The molecule has 2 N–H and O–H groups in total. The van der Waals surface area contributed by atoms with Crippen molar-refractivity contribution in [1.82, 2.24) is 4.90 Å². The lowest BCUT2D eigenvalue weighted by Gasteiger charge is -2.29. The predicted molar refractivity (Wildman–Crippen MR) is 113 cm³/mol. The quantitative estimate of drug-likeness (QED) is 0.433. The largest absolute Gasteiger partial charge is 0.507 e. The van der Waals surface area contributed by atoms with Crippen molar-refractivity contribution in [3.05, 3.63) is 76.6 Å². The number of benzene rings is 2. The highest BCUT2D eigenvalue weighted by Gasteiger charge is 2.46. The van der Waals surface area contributed by atoms with Crippen molar-refractivity contribution in [1.29, 1.82) is 0 Å². The van der Waals surface area contributed by atoms with Gasteiger partial charge in [-0.3, -0.25) is 9.59 Å². The number of amides is 1. The van der Waals surface area contributed by atoms with Crippen molar-refractivity contribution >= 4 is 17.4 Å². The van der Waals surface area contributed by atoms with Gasteiger partial charge in [-0.25, -0.2) is 4.39 Å². The van der Waals surface area contributed by atoms with E-state index in [9.17, 15) is 19.1 Å². The number of aliphatic hydroxyl groups excluding tert-OH is 1. The van der Waals surface area contributed by atoms with Crippen LogP contribution < -0.4 is 4.90 Å². The van der Waals surface area contributed by atoms with Gasteiger partial charge < -0.3 is 19.6 Å². The molecular weight excluding hydrogens is 399 g/mol. The van der Waals surface area contributed by atoms with Crippen molar-refractivity contribution in [2.75, 3.05) is 39.4 Å². The van der Waals surface area contributed by atoms with E-state index in [4.69, 9.17) is 4.74 Å². The Labute approximate surface area is 180 Å². The maximum absolute atomic E-state index is 13.5. The van der Waals surface area contributed by atoms with Crippen LogP contribution in [0.5, 0.6) is 0 Å².